The number of hydrogen-bond donors (Lipinski definition) is 0. The molecule has 5 aromatic carbocycles. The van der Waals surface area contributed by atoms with Gasteiger partial charge < -0.3 is 9.47 Å². The molecule has 0 spiro atoms. The molecule has 0 fully saturated rings. The molecule has 0 saturated carbocycles. The third-order valence-electron chi connectivity index (χ3n) is 10.9. The molecule has 8 nitrogen and oxygen atoms in total. The quantitative estimate of drug-likeness (QED) is 0.132. The summed E-state index contributed by atoms with van der Waals surface area (Å²) in [6, 6.07) is 31.5. The lowest BCUT2D eigenvalue weighted by atomic mass is 9.74. The van der Waals surface area contributed by atoms with Crippen LogP contribution in [0.3, 0.4) is 0 Å². The molecule has 282 valence electrons. The molecule has 0 atom stereocenters. The molecule has 0 bridgehead atoms. The van der Waals surface area contributed by atoms with Crippen molar-refractivity contribution in [2.24, 2.45) is 0 Å². The number of imide groups is 2. The second kappa shape index (κ2) is 14.3. The van der Waals surface area contributed by atoms with Crippen molar-refractivity contribution in [3.8, 4) is 23.0 Å². The fourth-order valence-corrected chi connectivity index (χ4v) is 7.50. The number of carbonyl (C=O) groups is 4. The molecule has 7 rings (SSSR count). The molecule has 2 heterocycles. The molecule has 0 saturated heterocycles. The van der Waals surface area contributed by atoms with Crippen LogP contribution in [0.2, 0.25) is 0 Å². The lowest BCUT2D eigenvalue weighted by molar-refractivity contribution is -0.121. The van der Waals surface area contributed by atoms with E-state index < -0.39 is 0 Å². The van der Waals surface area contributed by atoms with Gasteiger partial charge in [-0.1, -0.05) is 88.4 Å². The highest BCUT2D eigenvalue weighted by atomic mass is 16.5. The van der Waals surface area contributed by atoms with E-state index >= 15 is 0 Å². The van der Waals surface area contributed by atoms with Gasteiger partial charge in [0.25, 0.3) is 23.6 Å². The third kappa shape index (κ3) is 6.94. The minimum Gasteiger partial charge on any atom is -0.457 e. The highest BCUT2D eigenvalue weighted by molar-refractivity contribution is 6.28. The maximum absolute atomic E-state index is 12.2. The van der Waals surface area contributed by atoms with Gasteiger partial charge in [-0.3, -0.25) is 19.2 Å². The number of anilines is 2. The Bertz CT molecular complexity index is 2250. The summed E-state index contributed by atoms with van der Waals surface area (Å²) in [6.07, 6.45) is 5.07. The highest BCUT2D eigenvalue weighted by Gasteiger charge is 2.30. The topological polar surface area (TPSA) is 93.2 Å². The SMILES string of the molecule is Cc1cc(C(C)(C)c2ccc(C(C)(C)c3cc(C)c(Oc4cccc(N5C(=O)C=CC5=O)c4)c(C)c3)cc2)cc(C)c1Oc1cccc(N2C(=O)C=CC2=O)c1. The van der Waals surface area contributed by atoms with Gasteiger partial charge in [-0.25, -0.2) is 9.80 Å². The first kappa shape index (κ1) is 37.8. The maximum Gasteiger partial charge on any atom is 0.258 e. The Hall–Kier alpha value is -6.54. The van der Waals surface area contributed by atoms with Crippen LogP contribution in [0.1, 0.15) is 72.2 Å². The molecule has 5 aromatic rings. The average Bonchev–Trinajstić information content (AvgIpc) is 3.69. The van der Waals surface area contributed by atoms with E-state index in [4.69, 9.17) is 9.47 Å². The van der Waals surface area contributed by atoms with Gasteiger partial charge in [0.2, 0.25) is 0 Å². The number of rotatable bonds is 10. The Morgan fingerprint density at radius 2 is 0.714 bits per heavy atom. The minimum absolute atomic E-state index is 0.310. The van der Waals surface area contributed by atoms with E-state index in [1.807, 2.05) is 39.8 Å². The monoisotopic (exact) mass is 744 g/mol. The molecule has 0 aromatic heterocycles. The summed E-state index contributed by atoms with van der Waals surface area (Å²) in [6.45, 7) is 17.0. The Balaban J connectivity index is 1.08. The summed E-state index contributed by atoms with van der Waals surface area (Å²) >= 11 is 0. The van der Waals surface area contributed by atoms with Gasteiger partial charge in [0, 0.05) is 47.3 Å². The maximum atomic E-state index is 12.2. The van der Waals surface area contributed by atoms with Crippen LogP contribution in [-0.4, -0.2) is 23.6 Å². The number of benzene rings is 5. The first-order chi connectivity index (χ1) is 26.5. The van der Waals surface area contributed by atoms with E-state index in [2.05, 4.69) is 76.2 Å². The molecule has 0 aliphatic carbocycles. The summed E-state index contributed by atoms with van der Waals surface area (Å²) in [5.74, 6) is 1.07. The van der Waals surface area contributed by atoms with E-state index in [-0.39, 0.29) is 34.5 Å². The standard InChI is InChI=1S/C48H44N2O6/c1-29-23-35(24-30(2)45(29)55-39-13-9-11-37(27-39)49-41(51)19-20-42(49)52)47(5,6)33-15-17-34(18-16-33)48(7,8)36-25-31(3)46(32(4)26-36)56-40-14-10-12-38(28-40)50-43(53)21-22-44(50)54/h9-28H,1-8H3. The highest BCUT2D eigenvalue weighted by Crippen LogP contribution is 2.41. The van der Waals surface area contributed by atoms with Gasteiger partial charge in [0.05, 0.1) is 11.4 Å². The van der Waals surface area contributed by atoms with Crippen LogP contribution >= 0.6 is 0 Å². The largest absolute Gasteiger partial charge is 0.457 e. The predicted octanol–water partition coefficient (Wildman–Crippen LogP) is 10.0. The van der Waals surface area contributed by atoms with E-state index in [1.165, 1.54) is 35.4 Å². The van der Waals surface area contributed by atoms with Gasteiger partial charge in [-0.2, -0.15) is 0 Å². The molecule has 2 aliphatic heterocycles. The van der Waals surface area contributed by atoms with Crippen LogP contribution < -0.4 is 19.3 Å². The fourth-order valence-electron chi connectivity index (χ4n) is 7.50. The van der Waals surface area contributed by atoms with Crippen molar-refractivity contribution in [1.82, 2.24) is 0 Å². The molecule has 56 heavy (non-hydrogen) atoms. The second-order valence-electron chi connectivity index (χ2n) is 15.6. The van der Waals surface area contributed by atoms with E-state index in [9.17, 15) is 19.2 Å². The van der Waals surface area contributed by atoms with Crippen LogP contribution in [0.4, 0.5) is 11.4 Å². The lowest BCUT2D eigenvalue weighted by Gasteiger charge is -2.31. The van der Waals surface area contributed by atoms with E-state index in [0.29, 0.717) is 22.9 Å². The zero-order valence-corrected chi connectivity index (χ0v) is 32.9. The first-order valence-corrected chi connectivity index (χ1v) is 18.6. The number of nitrogens with zero attached hydrogens (tertiary/aromatic N) is 2. The van der Waals surface area contributed by atoms with Gasteiger partial charge in [-0.15, -0.1) is 0 Å². The lowest BCUT2D eigenvalue weighted by Crippen LogP contribution is -2.29. The predicted molar refractivity (Wildman–Crippen MR) is 219 cm³/mol. The summed E-state index contributed by atoms with van der Waals surface area (Å²) in [5.41, 5.74) is 8.89. The van der Waals surface area contributed by atoms with Crippen LogP contribution in [-0.2, 0) is 30.0 Å². The Labute approximate surface area is 327 Å². The number of hydrogen-bond acceptors (Lipinski definition) is 6. The van der Waals surface area contributed by atoms with Crippen molar-refractivity contribution >= 4 is 35.0 Å². The number of ether oxygens (including phenoxy) is 2. The Morgan fingerprint density at radius 3 is 1.02 bits per heavy atom. The van der Waals surface area contributed by atoms with Crippen molar-refractivity contribution in [2.45, 2.75) is 66.2 Å². The van der Waals surface area contributed by atoms with Crippen molar-refractivity contribution in [3.63, 3.8) is 0 Å². The van der Waals surface area contributed by atoms with Crippen LogP contribution in [0.5, 0.6) is 23.0 Å². The molecular weight excluding hydrogens is 701 g/mol. The first-order valence-electron chi connectivity index (χ1n) is 18.6. The molecule has 2 aliphatic rings. The van der Waals surface area contributed by atoms with Crippen molar-refractivity contribution < 1.29 is 28.7 Å². The Kier molecular flexibility index (Phi) is 9.62. The average molecular weight is 745 g/mol. The van der Waals surface area contributed by atoms with Gasteiger partial charge in [0.15, 0.2) is 0 Å². The van der Waals surface area contributed by atoms with Crippen molar-refractivity contribution in [2.75, 3.05) is 9.80 Å². The van der Waals surface area contributed by atoms with Crippen molar-refractivity contribution in [3.05, 3.63) is 166 Å². The molecule has 0 N–H and O–H groups in total. The smallest absolute Gasteiger partial charge is 0.258 e. The van der Waals surface area contributed by atoms with Gasteiger partial charge >= 0.3 is 0 Å². The number of aryl methyl sites for hydroxylation is 4. The number of carbonyl (C=O) groups excluding carboxylic acids is 4. The molecule has 4 amide bonds. The molecular formula is C48H44N2O6. The van der Waals surface area contributed by atoms with Gasteiger partial charge in [0.1, 0.15) is 23.0 Å². The summed E-state index contributed by atoms with van der Waals surface area (Å²) in [4.78, 5) is 51.2. The van der Waals surface area contributed by atoms with Crippen LogP contribution in [0, 0.1) is 27.7 Å². The third-order valence-corrected chi connectivity index (χ3v) is 10.9. The van der Waals surface area contributed by atoms with Crippen molar-refractivity contribution in [1.29, 1.82) is 0 Å². The summed E-state index contributed by atoms with van der Waals surface area (Å²) in [7, 11) is 0. The minimum atomic E-state index is -0.371. The zero-order valence-electron chi connectivity index (χ0n) is 32.9. The zero-order chi connectivity index (χ0) is 40.1. The van der Waals surface area contributed by atoms with Crippen LogP contribution in [0.25, 0.3) is 0 Å². The second-order valence-corrected chi connectivity index (χ2v) is 15.6. The summed E-state index contributed by atoms with van der Waals surface area (Å²) < 4.78 is 12.7. The molecule has 0 unspecified atom stereocenters. The Morgan fingerprint density at radius 1 is 0.411 bits per heavy atom. The van der Waals surface area contributed by atoms with Crippen LogP contribution in [0.15, 0.2) is 121 Å². The molecule has 8 heteroatoms. The fraction of sp³-hybridized carbons (Fsp3) is 0.208. The normalized spacial score (nSPS) is 14.4. The number of amides is 4. The molecule has 0 radical (unpaired) electrons. The van der Waals surface area contributed by atoms with Gasteiger partial charge in [-0.05, 0) is 96.5 Å². The van der Waals surface area contributed by atoms with E-state index in [1.54, 1.807) is 36.4 Å². The van der Waals surface area contributed by atoms with E-state index in [0.717, 1.165) is 54.7 Å². The summed E-state index contributed by atoms with van der Waals surface area (Å²) in [5, 5.41) is 0.